The Morgan fingerprint density at radius 2 is 1.54 bits per heavy atom. The van der Waals surface area contributed by atoms with Crippen LogP contribution in [0.2, 0.25) is 0 Å². The van der Waals surface area contributed by atoms with Gasteiger partial charge in [0.05, 0.1) is 18.6 Å². The standard InChI is InChI=1S/C41H59FN10O7/c1-26-20-45-34(49-31(26)28-22-46-52(23-28)25-41(24-42)16-17-41)47-29-14-11-13-27(19-29)21-44-32(53)30(48-35(54)57-38(2,3)4)15-12-18-43-33(50-36(55)58-39(5,6)7)51-37(56)59-40(8,9)10/h11,13-14,19-20,22-23,30H,12,15-18,21,24-25H2,1-10H3,(H,44,53)(H,48,54)(H,45,47,49)(H2,43,50,51,55,56)/t30-/m0/s1. The number of nitrogens with zero attached hydrogens (tertiary/aromatic N) is 5. The number of hydrogen-bond acceptors (Lipinski definition) is 12. The third kappa shape index (κ3) is 16.2. The number of ether oxygens (including phenoxy) is 3. The van der Waals surface area contributed by atoms with E-state index in [2.05, 4.69) is 41.7 Å². The van der Waals surface area contributed by atoms with Gasteiger partial charge >= 0.3 is 18.3 Å². The van der Waals surface area contributed by atoms with Crippen LogP contribution in [-0.2, 0) is 32.1 Å². The number of alkyl halides is 1. The predicted octanol–water partition coefficient (Wildman–Crippen LogP) is 6.84. The van der Waals surface area contributed by atoms with Crippen LogP contribution < -0.4 is 26.6 Å². The molecule has 4 rings (SSSR count). The summed E-state index contributed by atoms with van der Waals surface area (Å²) >= 11 is 0. The lowest BCUT2D eigenvalue weighted by atomic mass is 10.1. The minimum Gasteiger partial charge on any atom is -0.444 e. The Balaban J connectivity index is 1.41. The number of anilines is 2. The third-order valence-corrected chi connectivity index (χ3v) is 8.43. The number of aromatic nitrogens is 4. The zero-order valence-corrected chi connectivity index (χ0v) is 35.7. The van der Waals surface area contributed by atoms with Crippen LogP contribution in [0.25, 0.3) is 11.3 Å². The third-order valence-electron chi connectivity index (χ3n) is 8.43. The van der Waals surface area contributed by atoms with Gasteiger partial charge in [-0.25, -0.2) is 24.4 Å². The second-order valence-corrected chi connectivity index (χ2v) is 17.7. The SMILES string of the molecule is Cc1cnc(Nc2cccc(CNC(=O)[C@H](CCCN=C(NC(=O)OC(C)(C)C)NC(=O)OC(C)(C)C)NC(=O)OC(C)(C)C)c2)nc1-c1cnn(CC2(CF)CC2)c1. The molecule has 0 bridgehead atoms. The molecule has 0 saturated heterocycles. The number of carbonyl (C=O) groups excluding carboxylic acids is 4. The first-order valence-electron chi connectivity index (χ1n) is 19.6. The Morgan fingerprint density at radius 3 is 2.14 bits per heavy atom. The fourth-order valence-electron chi connectivity index (χ4n) is 5.54. The Morgan fingerprint density at radius 1 is 0.915 bits per heavy atom. The van der Waals surface area contributed by atoms with Gasteiger partial charge in [0, 0.05) is 48.7 Å². The molecule has 1 fully saturated rings. The van der Waals surface area contributed by atoms with Crippen LogP contribution >= 0.6 is 0 Å². The molecule has 0 spiro atoms. The molecule has 0 radical (unpaired) electrons. The number of amides is 4. The lowest BCUT2D eigenvalue weighted by molar-refractivity contribution is -0.123. The average Bonchev–Trinajstić information content (AvgIpc) is 3.73. The Kier molecular flexibility index (Phi) is 15.0. The number of alkyl carbamates (subject to hydrolysis) is 3. The van der Waals surface area contributed by atoms with E-state index in [1.54, 1.807) is 79.4 Å². The molecule has 2 aromatic heterocycles. The van der Waals surface area contributed by atoms with Crippen molar-refractivity contribution in [3.8, 4) is 11.3 Å². The van der Waals surface area contributed by atoms with Crippen LogP contribution in [0, 0.1) is 12.3 Å². The van der Waals surface area contributed by atoms with E-state index in [9.17, 15) is 23.6 Å². The van der Waals surface area contributed by atoms with Gasteiger partial charge in [-0.3, -0.25) is 29.5 Å². The number of aliphatic imine (C=N–C) groups is 1. The van der Waals surface area contributed by atoms with Crippen molar-refractivity contribution in [3.05, 3.63) is 54.0 Å². The van der Waals surface area contributed by atoms with Gasteiger partial charge in [0.15, 0.2) is 0 Å². The highest BCUT2D eigenvalue weighted by atomic mass is 19.1. The topological polar surface area (TPSA) is 212 Å². The number of carbonyl (C=O) groups is 4. The molecule has 17 nitrogen and oxygen atoms in total. The number of nitrogens with one attached hydrogen (secondary N) is 5. The lowest BCUT2D eigenvalue weighted by Crippen LogP contribution is -2.48. The highest BCUT2D eigenvalue weighted by Crippen LogP contribution is 2.47. The predicted molar refractivity (Wildman–Crippen MR) is 221 cm³/mol. The molecule has 18 heteroatoms. The molecule has 5 N–H and O–H groups in total. The lowest BCUT2D eigenvalue weighted by Gasteiger charge is -2.23. The van der Waals surface area contributed by atoms with Gasteiger partial charge in [0.25, 0.3) is 0 Å². The summed E-state index contributed by atoms with van der Waals surface area (Å²) in [5, 5.41) is 18.0. The van der Waals surface area contributed by atoms with E-state index >= 15 is 0 Å². The van der Waals surface area contributed by atoms with E-state index in [1.165, 1.54) is 0 Å². The van der Waals surface area contributed by atoms with Gasteiger partial charge in [0.2, 0.25) is 17.8 Å². The van der Waals surface area contributed by atoms with Gasteiger partial charge < -0.3 is 30.2 Å². The molecule has 1 aliphatic carbocycles. The van der Waals surface area contributed by atoms with Crippen LogP contribution in [0.1, 0.15) is 99.1 Å². The van der Waals surface area contributed by atoms with Gasteiger partial charge in [0.1, 0.15) is 22.8 Å². The number of halogens is 1. The zero-order chi connectivity index (χ0) is 43.6. The molecule has 3 aromatic rings. The molecule has 0 aliphatic heterocycles. The van der Waals surface area contributed by atoms with Crippen molar-refractivity contribution < 1.29 is 37.8 Å². The molecule has 1 aromatic carbocycles. The number of guanidine groups is 1. The number of benzene rings is 1. The maximum atomic E-state index is 13.6. The van der Waals surface area contributed by atoms with Crippen molar-refractivity contribution in [1.82, 2.24) is 41.0 Å². The second kappa shape index (κ2) is 19.3. The minimum atomic E-state index is -1.02. The highest BCUT2D eigenvalue weighted by molar-refractivity contribution is 6.01. The Bertz CT molecular complexity index is 1940. The summed E-state index contributed by atoms with van der Waals surface area (Å²) in [6.45, 7) is 17.5. The molecule has 1 aliphatic rings. The first-order valence-corrected chi connectivity index (χ1v) is 19.6. The van der Waals surface area contributed by atoms with Crippen LogP contribution in [0.15, 0.2) is 47.8 Å². The number of hydrogen-bond donors (Lipinski definition) is 5. The molecular formula is C41H59FN10O7. The molecule has 4 amide bonds. The maximum Gasteiger partial charge on any atom is 0.414 e. The molecule has 322 valence electrons. The van der Waals surface area contributed by atoms with E-state index in [0.29, 0.717) is 23.9 Å². The van der Waals surface area contributed by atoms with Crippen LogP contribution in [-0.4, -0.2) is 86.0 Å². The fraction of sp³-hybridized carbons (Fsp3) is 0.561. The molecule has 1 saturated carbocycles. The zero-order valence-electron chi connectivity index (χ0n) is 35.7. The largest absolute Gasteiger partial charge is 0.444 e. The molecule has 2 heterocycles. The Labute approximate surface area is 345 Å². The van der Waals surface area contributed by atoms with Crippen molar-refractivity contribution in [2.75, 3.05) is 18.5 Å². The monoisotopic (exact) mass is 822 g/mol. The number of aryl methyl sites for hydroxylation is 1. The highest BCUT2D eigenvalue weighted by Gasteiger charge is 2.43. The van der Waals surface area contributed by atoms with Crippen molar-refractivity contribution >= 4 is 41.8 Å². The molecule has 59 heavy (non-hydrogen) atoms. The molecular weight excluding hydrogens is 764 g/mol. The average molecular weight is 823 g/mol. The van der Waals surface area contributed by atoms with E-state index in [-0.39, 0.29) is 44.0 Å². The van der Waals surface area contributed by atoms with E-state index in [4.69, 9.17) is 19.2 Å². The first kappa shape index (κ1) is 45.9. The van der Waals surface area contributed by atoms with E-state index in [0.717, 1.165) is 29.5 Å². The summed E-state index contributed by atoms with van der Waals surface area (Å²) in [4.78, 5) is 64.8. The van der Waals surface area contributed by atoms with Gasteiger partial charge in [-0.05, 0) is 118 Å². The summed E-state index contributed by atoms with van der Waals surface area (Å²) in [5.41, 5.74) is 1.07. The smallest absolute Gasteiger partial charge is 0.414 e. The maximum absolute atomic E-state index is 13.6. The van der Waals surface area contributed by atoms with Crippen LogP contribution in [0.5, 0.6) is 0 Å². The van der Waals surface area contributed by atoms with Gasteiger partial charge in [-0.15, -0.1) is 0 Å². The quantitative estimate of drug-likeness (QED) is 0.0492. The van der Waals surface area contributed by atoms with Crippen LogP contribution in [0.4, 0.5) is 30.4 Å². The van der Waals surface area contributed by atoms with Gasteiger partial charge in [-0.2, -0.15) is 5.10 Å². The van der Waals surface area contributed by atoms with Gasteiger partial charge in [-0.1, -0.05) is 12.1 Å². The van der Waals surface area contributed by atoms with E-state index in [1.807, 2.05) is 37.4 Å². The molecule has 1 atom stereocenters. The summed E-state index contributed by atoms with van der Waals surface area (Å²) in [5.74, 6) is -0.316. The fourth-order valence-corrected chi connectivity index (χ4v) is 5.54. The van der Waals surface area contributed by atoms with Crippen molar-refractivity contribution in [2.24, 2.45) is 10.4 Å². The first-order chi connectivity index (χ1) is 27.5. The van der Waals surface area contributed by atoms with Crippen molar-refractivity contribution in [3.63, 3.8) is 0 Å². The summed E-state index contributed by atoms with van der Waals surface area (Å²) in [7, 11) is 0. The van der Waals surface area contributed by atoms with E-state index < -0.39 is 47.0 Å². The van der Waals surface area contributed by atoms with Crippen LogP contribution in [0.3, 0.4) is 0 Å². The Hall–Kier alpha value is -5.81. The number of rotatable bonds is 14. The van der Waals surface area contributed by atoms with Crippen molar-refractivity contribution in [2.45, 2.75) is 131 Å². The summed E-state index contributed by atoms with van der Waals surface area (Å²) in [6, 6.07) is 6.33. The van der Waals surface area contributed by atoms with Crippen molar-refractivity contribution in [1.29, 1.82) is 0 Å². The molecule has 0 unspecified atom stereocenters. The summed E-state index contributed by atoms with van der Waals surface area (Å²) < 4.78 is 31.3. The summed E-state index contributed by atoms with van der Waals surface area (Å²) in [6.07, 6.45) is 4.96. The second-order valence-electron chi connectivity index (χ2n) is 17.7. The minimum absolute atomic E-state index is 0.0411. The normalized spacial score (nSPS) is 13.9.